The molecule has 0 bridgehead atoms. The van der Waals surface area contributed by atoms with Gasteiger partial charge in [0.15, 0.2) is 11.5 Å². The number of rotatable bonds is 7. The number of benzene rings is 2. The summed E-state index contributed by atoms with van der Waals surface area (Å²) in [5, 5.41) is 0. The van der Waals surface area contributed by atoms with Gasteiger partial charge in [-0.3, -0.25) is 0 Å². The molecule has 0 aliphatic heterocycles. The van der Waals surface area contributed by atoms with E-state index >= 15 is 0 Å². The van der Waals surface area contributed by atoms with Crippen molar-refractivity contribution in [2.24, 2.45) is 0 Å². The van der Waals surface area contributed by atoms with E-state index in [-0.39, 0.29) is 5.95 Å². The average Bonchev–Trinajstić information content (AvgIpc) is 2.88. The van der Waals surface area contributed by atoms with E-state index in [1.165, 1.54) is 0 Å². The van der Waals surface area contributed by atoms with Crippen LogP contribution in [0.2, 0.25) is 0 Å². The second-order valence-electron chi connectivity index (χ2n) is 7.65. The molecule has 0 spiro atoms. The molecule has 0 atom stereocenters. The largest absolute Gasteiger partial charge is 0.493 e. The van der Waals surface area contributed by atoms with Gasteiger partial charge in [0, 0.05) is 48.4 Å². The van der Waals surface area contributed by atoms with Crippen LogP contribution in [0.3, 0.4) is 0 Å². The molecule has 0 unspecified atom stereocenters. The minimum Gasteiger partial charge on any atom is -0.493 e. The van der Waals surface area contributed by atoms with E-state index in [1.807, 2.05) is 24.3 Å². The lowest BCUT2D eigenvalue weighted by molar-refractivity contribution is 0.324. The molecule has 188 valence electrons. The van der Waals surface area contributed by atoms with Crippen LogP contribution in [0.15, 0.2) is 55.0 Å². The van der Waals surface area contributed by atoms with Crippen molar-refractivity contribution >= 4 is 23.1 Å². The third-order valence-corrected chi connectivity index (χ3v) is 5.17. The molecule has 2 aromatic carbocycles. The number of hydrogen-bond acceptors (Lipinski definition) is 11. The Morgan fingerprint density at radius 3 is 1.97 bits per heavy atom. The Morgan fingerprint density at radius 2 is 1.42 bits per heavy atom. The highest BCUT2D eigenvalue weighted by molar-refractivity contribution is 5.57. The highest BCUT2D eigenvalue weighted by atomic mass is 16.5. The first-order chi connectivity index (χ1) is 17.3. The first kappa shape index (κ1) is 25.8. The van der Waals surface area contributed by atoms with Gasteiger partial charge in [0.1, 0.15) is 11.6 Å². The number of anilines is 4. The molecule has 0 radical (unpaired) electrons. The van der Waals surface area contributed by atoms with Gasteiger partial charge in [-0.1, -0.05) is 6.07 Å². The van der Waals surface area contributed by atoms with Crippen LogP contribution in [0.4, 0.5) is 23.1 Å². The molecule has 2 aromatic heterocycles. The van der Waals surface area contributed by atoms with Crippen LogP contribution in [0.5, 0.6) is 17.2 Å². The van der Waals surface area contributed by atoms with Gasteiger partial charge in [-0.2, -0.15) is 4.98 Å². The van der Waals surface area contributed by atoms with Crippen molar-refractivity contribution in [3.05, 3.63) is 77.5 Å². The van der Waals surface area contributed by atoms with Crippen LogP contribution < -0.4 is 37.1 Å². The van der Waals surface area contributed by atoms with Gasteiger partial charge < -0.3 is 37.1 Å². The van der Waals surface area contributed by atoms with Crippen LogP contribution in [0, 0.1) is 0 Å². The normalized spacial score (nSPS) is 10.2. The van der Waals surface area contributed by atoms with Gasteiger partial charge in [0.05, 0.1) is 21.3 Å². The Morgan fingerprint density at radius 1 is 0.750 bits per heavy atom. The van der Waals surface area contributed by atoms with E-state index in [4.69, 9.17) is 37.1 Å². The monoisotopic (exact) mass is 490 g/mol. The van der Waals surface area contributed by atoms with Gasteiger partial charge in [0.2, 0.25) is 11.7 Å². The van der Waals surface area contributed by atoms with Crippen molar-refractivity contribution in [3.8, 4) is 17.2 Å². The quantitative estimate of drug-likeness (QED) is 0.279. The molecule has 0 aliphatic carbocycles. The summed E-state index contributed by atoms with van der Waals surface area (Å²) in [5.41, 5.74) is 26.8. The van der Waals surface area contributed by atoms with Crippen LogP contribution in [-0.2, 0) is 12.8 Å². The standard InChI is InChI=1S/C14H18N4O3.C11H12N4/c1-19-10-5-8(6-11(20-2)12(10)21-3)4-9-7-17-14(16)18-13(9)15;12-9-3-2-8(10(13)7-9)6-11-14-4-1-5-15-11/h5-7H,4H2,1-3H3,(H4,15,16,17,18);1-5,7H,6,12-13H2. The maximum Gasteiger partial charge on any atom is 0.221 e. The fraction of sp³-hybridized carbons (Fsp3) is 0.200. The summed E-state index contributed by atoms with van der Waals surface area (Å²) in [4.78, 5) is 16.2. The first-order valence-electron chi connectivity index (χ1n) is 10.9. The summed E-state index contributed by atoms with van der Waals surface area (Å²) < 4.78 is 15.9. The third kappa shape index (κ3) is 6.63. The van der Waals surface area contributed by atoms with E-state index in [0.717, 1.165) is 22.5 Å². The minimum atomic E-state index is 0.154. The molecule has 0 saturated heterocycles. The molecule has 36 heavy (non-hydrogen) atoms. The second kappa shape index (κ2) is 12.1. The molecule has 8 N–H and O–H groups in total. The summed E-state index contributed by atoms with van der Waals surface area (Å²) in [6.45, 7) is 0. The average molecular weight is 491 g/mol. The van der Waals surface area contributed by atoms with E-state index in [0.29, 0.717) is 47.3 Å². The molecular formula is C25H30N8O3. The van der Waals surface area contributed by atoms with Crippen LogP contribution in [0.1, 0.15) is 22.5 Å². The molecule has 4 aromatic rings. The van der Waals surface area contributed by atoms with E-state index in [1.54, 1.807) is 52.1 Å². The predicted octanol–water partition coefficient (Wildman–Crippen LogP) is 2.49. The molecule has 0 fully saturated rings. The minimum absolute atomic E-state index is 0.154. The molecular weight excluding hydrogens is 460 g/mol. The van der Waals surface area contributed by atoms with Crippen molar-refractivity contribution < 1.29 is 14.2 Å². The lowest BCUT2D eigenvalue weighted by Crippen LogP contribution is -2.04. The maximum atomic E-state index is 5.85. The van der Waals surface area contributed by atoms with E-state index in [2.05, 4.69) is 19.9 Å². The summed E-state index contributed by atoms with van der Waals surface area (Å²) in [5.74, 6) is 2.99. The van der Waals surface area contributed by atoms with Gasteiger partial charge in [-0.25, -0.2) is 15.0 Å². The zero-order valence-electron chi connectivity index (χ0n) is 20.4. The number of ether oxygens (including phenoxy) is 3. The molecule has 2 heterocycles. The fourth-order valence-electron chi connectivity index (χ4n) is 3.39. The van der Waals surface area contributed by atoms with Crippen molar-refractivity contribution in [2.75, 3.05) is 44.3 Å². The van der Waals surface area contributed by atoms with Crippen molar-refractivity contribution in [1.82, 2.24) is 19.9 Å². The summed E-state index contributed by atoms with van der Waals surface area (Å²) in [7, 11) is 4.70. The third-order valence-electron chi connectivity index (χ3n) is 5.17. The van der Waals surface area contributed by atoms with E-state index < -0.39 is 0 Å². The Hall–Kier alpha value is -4.80. The van der Waals surface area contributed by atoms with Crippen LogP contribution in [-0.4, -0.2) is 41.3 Å². The summed E-state index contributed by atoms with van der Waals surface area (Å²) in [6, 6.07) is 11.0. The van der Waals surface area contributed by atoms with Crippen molar-refractivity contribution in [3.63, 3.8) is 0 Å². The lowest BCUT2D eigenvalue weighted by atomic mass is 10.1. The fourth-order valence-corrected chi connectivity index (χ4v) is 3.39. The highest BCUT2D eigenvalue weighted by Crippen LogP contribution is 2.38. The Labute approximate surface area is 209 Å². The smallest absolute Gasteiger partial charge is 0.221 e. The number of nitrogens with two attached hydrogens (primary N) is 4. The highest BCUT2D eigenvalue weighted by Gasteiger charge is 2.14. The molecule has 11 nitrogen and oxygen atoms in total. The predicted molar refractivity (Wildman–Crippen MR) is 140 cm³/mol. The topological polar surface area (TPSA) is 183 Å². The molecule has 0 aliphatic rings. The zero-order valence-corrected chi connectivity index (χ0v) is 20.4. The number of nitrogens with zero attached hydrogens (tertiary/aromatic N) is 4. The molecule has 0 saturated carbocycles. The second-order valence-corrected chi connectivity index (χ2v) is 7.65. The van der Waals surface area contributed by atoms with Gasteiger partial charge in [-0.15, -0.1) is 0 Å². The number of aromatic nitrogens is 4. The first-order valence-corrected chi connectivity index (χ1v) is 10.9. The van der Waals surface area contributed by atoms with Gasteiger partial charge in [-0.05, 0) is 41.5 Å². The number of hydrogen-bond donors (Lipinski definition) is 4. The zero-order chi connectivity index (χ0) is 26.1. The summed E-state index contributed by atoms with van der Waals surface area (Å²) in [6.07, 6.45) is 6.21. The van der Waals surface area contributed by atoms with Gasteiger partial charge in [0.25, 0.3) is 0 Å². The van der Waals surface area contributed by atoms with Crippen LogP contribution >= 0.6 is 0 Å². The number of nitrogen functional groups attached to an aromatic ring is 4. The Bertz CT molecular complexity index is 1280. The SMILES string of the molecule is COc1cc(Cc2cnc(N)nc2N)cc(OC)c1OC.Nc1ccc(Cc2ncccn2)c(N)c1. The molecule has 11 heteroatoms. The Balaban J connectivity index is 0.000000212. The maximum absolute atomic E-state index is 5.85. The summed E-state index contributed by atoms with van der Waals surface area (Å²) >= 11 is 0. The number of methoxy groups -OCH3 is 3. The van der Waals surface area contributed by atoms with E-state index in [9.17, 15) is 0 Å². The van der Waals surface area contributed by atoms with Crippen molar-refractivity contribution in [2.45, 2.75) is 12.8 Å². The molecule has 0 amide bonds. The van der Waals surface area contributed by atoms with Crippen LogP contribution in [0.25, 0.3) is 0 Å². The lowest BCUT2D eigenvalue weighted by Gasteiger charge is -2.14. The van der Waals surface area contributed by atoms with Crippen molar-refractivity contribution in [1.29, 1.82) is 0 Å². The molecule has 4 rings (SSSR count). The Kier molecular flexibility index (Phi) is 8.65. The van der Waals surface area contributed by atoms with Gasteiger partial charge >= 0.3 is 0 Å².